The zero-order valence-corrected chi connectivity index (χ0v) is 20.3. The first-order chi connectivity index (χ1) is 18.2. The zero-order chi connectivity index (χ0) is 25.0. The highest BCUT2D eigenvalue weighted by Crippen LogP contribution is 2.33. The molecule has 6 rings (SSSR count). The molecule has 0 aliphatic rings. The molecule has 37 heavy (non-hydrogen) atoms. The van der Waals surface area contributed by atoms with Crippen molar-refractivity contribution in [2.75, 3.05) is 0 Å². The number of aromatic nitrogens is 5. The summed E-state index contributed by atoms with van der Waals surface area (Å²) in [6, 6.07) is 36.5. The maximum Gasteiger partial charge on any atom is 0.164 e. The van der Waals surface area contributed by atoms with E-state index < -0.39 is 0 Å². The van der Waals surface area contributed by atoms with Crippen molar-refractivity contribution >= 4 is 0 Å². The van der Waals surface area contributed by atoms with Crippen LogP contribution in [-0.4, -0.2) is 24.9 Å². The van der Waals surface area contributed by atoms with E-state index >= 15 is 0 Å². The topological polar surface area (TPSA) is 64.5 Å². The van der Waals surface area contributed by atoms with Gasteiger partial charge >= 0.3 is 0 Å². The monoisotopic (exact) mass is 477 g/mol. The second kappa shape index (κ2) is 9.91. The number of hydrogen-bond donors (Lipinski definition) is 0. The molecule has 5 nitrogen and oxygen atoms in total. The Labute approximate surface area is 215 Å². The average Bonchev–Trinajstić information content (AvgIpc) is 2.98. The normalized spacial score (nSPS) is 10.8. The number of hydrogen-bond acceptors (Lipinski definition) is 5. The summed E-state index contributed by atoms with van der Waals surface area (Å²) in [5, 5.41) is 0. The van der Waals surface area contributed by atoms with E-state index in [0.29, 0.717) is 23.3 Å². The van der Waals surface area contributed by atoms with Crippen molar-refractivity contribution in [1.29, 1.82) is 0 Å². The van der Waals surface area contributed by atoms with Gasteiger partial charge in [-0.25, -0.2) is 24.9 Å². The Morgan fingerprint density at radius 3 is 1.46 bits per heavy atom. The van der Waals surface area contributed by atoms with Gasteiger partial charge in [-0.15, -0.1) is 0 Å². The first kappa shape index (κ1) is 22.4. The standard InChI is InChI=1S/C32H23N5/c1-22-20-33-32(34-21-22)28-18-9-8-17-27(28)25-15-10-16-26(19-25)31-36-29(23-11-4-2-5-12-23)35-30(37-31)24-13-6-3-7-14-24/h2-21H,1H3. The van der Waals surface area contributed by atoms with E-state index in [4.69, 9.17) is 15.0 Å². The minimum Gasteiger partial charge on any atom is -0.236 e. The van der Waals surface area contributed by atoms with Gasteiger partial charge < -0.3 is 0 Å². The Morgan fingerprint density at radius 2 is 0.865 bits per heavy atom. The fourth-order valence-electron chi connectivity index (χ4n) is 4.23. The summed E-state index contributed by atoms with van der Waals surface area (Å²) in [5.41, 5.74) is 6.90. The summed E-state index contributed by atoms with van der Waals surface area (Å²) in [6.07, 6.45) is 3.69. The van der Waals surface area contributed by atoms with E-state index in [-0.39, 0.29) is 0 Å². The minimum atomic E-state index is 0.624. The van der Waals surface area contributed by atoms with Crippen LogP contribution >= 0.6 is 0 Å². The molecule has 0 N–H and O–H groups in total. The maximum absolute atomic E-state index is 4.88. The largest absolute Gasteiger partial charge is 0.236 e. The lowest BCUT2D eigenvalue weighted by atomic mass is 9.97. The molecule has 2 heterocycles. The molecule has 0 fully saturated rings. The van der Waals surface area contributed by atoms with Crippen molar-refractivity contribution in [3.63, 3.8) is 0 Å². The Morgan fingerprint density at radius 1 is 0.405 bits per heavy atom. The fraction of sp³-hybridized carbons (Fsp3) is 0.0312. The van der Waals surface area contributed by atoms with Gasteiger partial charge in [-0.1, -0.05) is 103 Å². The molecular weight excluding hydrogens is 454 g/mol. The van der Waals surface area contributed by atoms with Crippen LogP contribution in [0.4, 0.5) is 0 Å². The van der Waals surface area contributed by atoms with Crippen molar-refractivity contribution in [3.05, 3.63) is 127 Å². The Bertz CT molecular complexity index is 1610. The van der Waals surface area contributed by atoms with Crippen LogP contribution < -0.4 is 0 Å². The highest BCUT2D eigenvalue weighted by molar-refractivity contribution is 5.82. The van der Waals surface area contributed by atoms with E-state index in [0.717, 1.165) is 38.9 Å². The van der Waals surface area contributed by atoms with Crippen molar-refractivity contribution in [3.8, 4) is 56.7 Å². The molecule has 0 aliphatic heterocycles. The second-order valence-corrected chi connectivity index (χ2v) is 8.75. The highest BCUT2D eigenvalue weighted by Gasteiger charge is 2.14. The van der Waals surface area contributed by atoms with E-state index in [1.165, 1.54) is 0 Å². The Balaban J connectivity index is 1.48. The zero-order valence-electron chi connectivity index (χ0n) is 20.3. The van der Waals surface area contributed by atoms with Crippen LogP contribution in [0.1, 0.15) is 5.56 Å². The molecule has 6 aromatic rings. The Hall–Kier alpha value is -5.03. The lowest BCUT2D eigenvalue weighted by Gasteiger charge is -2.11. The molecule has 0 radical (unpaired) electrons. The third-order valence-electron chi connectivity index (χ3n) is 6.08. The molecule has 0 saturated heterocycles. The van der Waals surface area contributed by atoms with Gasteiger partial charge in [0.2, 0.25) is 0 Å². The van der Waals surface area contributed by atoms with Gasteiger partial charge in [0, 0.05) is 34.6 Å². The average molecular weight is 478 g/mol. The second-order valence-electron chi connectivity index (χ2n) is 8.75. The number of rotatable bonds is 5. The smallest absolute Gasteiger partial charge is 0.164 e. The number of benzene rings is 4. The summed E-state index contributed by atoms with van der Waals surface area (Å²) in [4.78, 5) is 23.7. The third kappa shape index (κ3) is 4.75. The molecule has 2 aromatic heterocycles. The van der Waals surface area contributed by atoms with Crippen LogP contribution in [0.3, 0.4) is 0 Å². The van der Waals surface area contributed by atoms with Gasteiger partial charge in [0.25, 0.3) is 0 Å². The Kier molecular flexibility index (Phi) is 6.01. The van der Waals surface area contributed by atoms with Crippen molar-refractivity contribution in [2.45, 2.75) is 6.92 Å². The van der Waals surface area contributed by atoms with Gasteiger partial charge in [-0.2, -0.15) is 0 Å². The summed E-state index contributed by atoms with van der Waals surface area (Å²) < 4.78 is 0. The summed E-state index contributed by atoms with van der Waals surface area (Å²) in [7, 11) is 0. The van der Waals surface area contributed by atoms with Crippen molar-refractivity contribution in [1.82, 2.24) is 24.9 Å². The molecule has 5 heteroatoms. The van der Waals surface area contributed by atoms with Crippen LogP contribution in [0.25, 0.3) is 56.7 Å². The van der Waals surface area contributed by atoms with Crippen LogP contribution in [0.15, 0.2) is 122 Å². The SMILES string of the molecule is Cc1cnc(-c2ccccc2-c2cccc(-c3nc(-c4ccccc4)nc(-c4ccccc4)n3)c2)nc1. The molecule has 0 spiro atoms. The first-order valence-corrected chi connectivity index (χ1v) is 12.1. The molecule has 4 aromatic carbocycles. The van der Waals surface area contributed by atoms with Gasteiger partial charge in [0.1, 0.15) is 0 Å². The van der Waals surface area contributed by atoms with Crippen LogP contribution in [0.2, 0.25) is 0 Å². The molecule has 0 bridgehead atoms. The quantitative estimate of drug-likeness (QED) is 0.261. The predicted octanol–water partition coefficient (Wildman–Crippen LogP) is 7.31. The van der Waals surface area contributed by atoms with Crippen molar-refractivity contribution in [2.24, 2.45) is 0 Å². The van der Waals surface area contributed by atoms with Gasteiger partial charge in [0.15, 0.2) is 23.3 Å². The number of nitrogens with zero attached hydrogens (tertiary/aromatic N) is 5. The van der Waals surface area contributed by atoms with E-state index in [1.54, 1.807) is 0 Å². The minimum absolute atomic E-state index is 0.624. The lowest BCUT2D eigenvalue weighted by molar-refractivity contribution is 1.07. The summed E-state index contributed by atoms with van der Waals surface area (Å²) in [6.45, 7) is 1.99. The van der Waals surface area contributed by atoms with Gasteiger partial charge in [-0.05, 0) is 29.7 Å². The molecule has 0 amide bonds. The molecule has 0 saturated carbocycles. The van der Waals surface area contributed by atoms with Gasteiger partial charge in [-0.3, -0.25) is 0 Å². The van der Waals surface area contributed by atoms with E-state index in [2.05, 4.69) is 34.2 Å². The third-order valence-corrected chi connectivity index (χ3v) is 6.08. The summed E-state index contributed by atoms with van der Waals surface area (Å²) >= 11 is 0. The first-order valence-electron chi connectivity index (χ1n) is 12.1. The van der Waals surface area contributed by atoms with Crippen LogP contribution in [0, 0.1) is 6.92 Å². The maximum atomic E-state index is 4.88. The molecule has 0 atom stereocenters. The van der Waals surface area contributed by atoms with Gasteiger partial charge in [0.05, 0.1) is 0 Å². The van der Waals surface area contributed by atoms with Crippen LogP contribution in [-0.2, 0) is 0 Å². The lowest BCUT2D eigenvalue weighted by Crippen LogP contribution is -2.00. The molecule has 0 unspecified atom stereocenters. The van der Waals surface area contributed by atoms with Crippen LogP contribution in [0.5, 0.6) is 0 Å². The van der Waals surface area contributed by atoms with E-state index in [1.807, 2.05) is 104 Å². The molecule has 176 valence electrons. The predicted molar refractivity (Wildman–Crippen MR) is 147 cm³/mol. The fourth-order valence-corrected chi connectivity index (χ4v) is 4.23. The highest BCUT2D eigenvalue weighted by atomic mass is 15.0. The molecule has 0 aliphatic carbocycles. The van der Waals surface area contributed by atoms with Crippen molar-refractivity contribution < 1.29 is 0 Å². The molecular formula is C32H23N5. The summed E-state index contributed by atoms with van der Waals surface area (Å²) in [5.74, 6) is 2.61. The van der Waals surface area contributed by atoms with E-state index in [9.17, 15) is 0 Å². The number of aryl methyl sites for hydroxylation is 1.